The molecule has 0 aromatic heterocycles. The molecular formula is C20H31NOS2. The van der Waals surface area contributed by atoms with Crippen LogP contribution in [-0.2, 0) is 6.42 Å². The van der Waals surface area contributed by atoms with Crippen LogP contribution in [0.25, 0.3) is 0 Å². The van der Waals surface area contributed by atoms with E-state index in [1.54, 1.807) is 0 Å². The highest BCUT2D eigenvalue weighted by atomic mass is 32.2. The van der Waals surface area contributed by atoms with Crippen LogP contribution in [0.15, 0.2) is 30.3 Å². The normalized spacial score (nSPS) is 27.0. The number of hydrogen-bond acceptors (Lipinski definition) is 4. The summed E-state index contributed by atoms with van der Waals surface area (Å²) in [6, 6.07) is 11.5. The Morgan fingerprint density at radius 2 is 1.88 bits per heavy atom. The molecule has 2 aliphatic rings. The van der Waals surface area contributed by atoms with Crippen molar-refractivity contribution in [3.05, 3.63) is 35.9 Å². The molecule has 2 saturated heterocycles. The fraction of sp³-hybridized carbons (Fsp3) is 0.700. The molecule has 2 nitrogen and oxygen atoms in total. The standard InChI is InChI=1S/C20H31NOS2/c22-17-20(9-4-8-18-6-2-1-3-7-18)10-5-11-21(16-20)19-14-23-12-13-24-15-19/h1-3,6-7,19,22H,4-5,8-17H2/t20-/m0/s1. The number of piperidine rings is 1. The maximum Gasteiger partial charge on any atom is 0.0499 e. The molecule has 2 aliphatic heterocycles. The van der Waals surface area contributed by atoms with Crippen LogP contribution in [0.1, 0.15) is 31.2 Å². The maximum atomic E-state index is 10.2. The number of benzene rings is 1. The second kappa shape index (κ2) is 9.51. The molecule has 0 aliphatic carbocycles. The molecule has 1 atom stereocenters. The Balaban J connectivity index is 1.54. The summed E-state index contributed by atoms with van der Waals surface area (Å²) in [6.45, 7) is 2.68. The molecule has 4 heteroatoms. The van der Waals surface area contributed by atoms with Crippen LogP contribution in [0.2, 0.25) is 0 Å². The van der Waals surface area contributed by atoms with Gasteiger partial charge in [-0.1, -0.05) is 30.3 Å². The van der Waals surface area contributed by atoms with Gasteiger partial charge in [-0.2, -0.15) is 23.5 Å². The van der Waals surface area contributed by atoms with E-state index in [4.69, 9.17) is 0 Å². The van der Waals surface area contributed by atoms with Gasteiger partial charge in [0.25, 0.3) is 0 Å². The van der Waals surface area contributed by atoms with Crippen LogP contribution in [0.3, 0.4) is 0 Å². The van der Waals surface area contributed by atoms with Crippen molar-refractivity contribution in [1.29, 1.82) is 0 Å². The molecule has 0 radical (unpaired) electrons. The lowest BCUT2D eigenvalue weighted by Crippen LogP contribution is -2.51. The minimum atomic E-state index is 0.134. The van der Waals surface area contributed by atoms with E-state index >= 15 is 0 Å². The Morgan fingerprint density at radius 3 is 2.58 bits per heavy atom. The van der Waals surface area contributed by atoms with Gasteiger partial charge in [0.15, 0.2) is 0 Å². The van der Waals surface area contributed by atoms with Crippen LogP contribution in [0.5, 0.6) is 0 Å². The minimum absolute atomic E-state index is 0.134. The number of rotatable bonds is 6. The van der Waals surface area contributed by atoms with Gasteiger partial charge >= 0.3 is 0 Å². The zero-order chi connectivity index (χ0) is 16.7. The molecule has 134 valence electrons. The lowest BCUT2D eigenvalue weighted by molar-refractivity contribution is 0.0131. The number of likely N-dealkylation sites (tertiary alicyclic amines) is 1. The maximum absolute atomic E-state index is 10.2. The predicted molar refractivity (Wildman–Crippen MR) is 108 cm³/mol. The highest BCUT2D eigenvalue weighted by molar-refractivity contribution is 8.03. The van der Waals surface area contributed by atoms with Crippen LogP contribution in [0.4, 0.5) is 0 Å². The fourth-order valence-electron chi connectivity index (χ4n) is 4.10. The number of aliphatic hydroxyl groups excluding tert-OH is 1. The molecule has 0 amide bonds. The van der Waals surface area contributed by atoms with E-state index in [0.717, 1.165) is 19.4 Å². The van der Waals surface area contributed by atoms with E-state index in [0.29, 0.717) is 12.6 Å². The van der Waals surface area contributed by atoms with Crippen molar-refractivity contribution in [2.24, 2.45) is 5.41 Å². The van der Waals surface area contributed by atoms with E-state index in [2.05, 4.69) is 58.8 Å². The first-order valence-electron chi connectivity index (χ1n) is 9.36. The van der Waals surface area contributed by atoms with Crippen molar-refractivity contribution < 1.29 is 5.11 Å². The van der Waals surface area contributed by atoms with Gasteiger partial charge in [-0.15, -0.1) is 0 Å². The number of aryl methyl sites for hydroxylation is 1. The highest BCUT2D eigenvalue weighted by Gasteiger charge is 2.37. The highest BCUT2D eigenvalue weighted by Crippen LogP contribution is 2.36. The van der Waals surface area contributed by atoms with Gasteiger partial charge in [0.1, 0.15) is 0 Å². The summed E-state index contributed by atoms with van der Waals surface area (Å²) < 4.78 is 0. The Morgan fingerprint density at radius 1 is 1.12 bits per heavy atom. The van der Waals surface area contributed by atoms with E-state index in [-0.39, 0.29) is 5.41 Å². The summed E-state index contributed by atoms with van der Waals surface area (Å²) in [5, 5.41) is 10.2. The van der Waals surface area contributed by atoms with E-state index < -0.39 is 0 Å². The number of aliphatic hydroxyl groups is 1. The zero-order valence-electron chi connectivity index (χ0n) is 14.7. The molecule has 24 heavy (non-hydrogen) atoms. The zero-order valence-corrected chi connectivity index (χ0v) is 16.3. The number of nitrogens with zero attached hydrogens (tertiary/aromatic N) is 1. The molecule has 0 saturated carbocycles. The van der Waals surface area contributed by atoms with E-state index in [1.807, 2.05) is 0 Å². The first-order chi connectivity index (χ1) is 11.8. The Kier molecular flexibility index (Phi) is 7.38. The minimum Gasteiger partial charge on any atom is -0.396 e. The molecule has 0 bridgehead atoms. The quantitative estimate of drug-likeness (QED) is 0.825. The summed E-state index contributed by atoms with van der Waals surface area (Å²) >= 11 is 4.23. The molecule has 0 unspecified atom stereocenters. The van der Waals surface area contributed by atoms with Crippen molar-refractivity contribution in [3.63, 3.8) is 0 Å². The first kappa shape index (κ1) is 18.6. The largest absolute Gasteiger partial charge is 0.396 e. The molecule has 2 fully saturated rings. The lowest BCUT2D eigenvalue weighted by atomic mass is 9.76. The van der Waals surface area contributed by atoms with Crippen LogP contribution < -0.4 is 0 Å². The lowest BCUT2D eigenvalue weighted by Gasteiger charge is -2.45. The smallest absolute Gasteiger partial charge is 0.0499 e. The predicted octanol–water partition coefficient (Wildman–Crippen LogP) is 3.93. The van der Waals surface area contributed by atoms with Crippen molar-refractivity contribution in [2.45, 2.75) is 38.1 Å². The van der Waals surface area contributed by atoms with Crippen molar-refractivity contribution in [2.75, 3.05) is 42.7 Å². The molecule has 0 spiro atoms. The molecule has 1 aromatic carbocycles. The SMILES string of the molecule is OC[C@@]1(CCCc2ccccc2)CCCN(C2CSCCSC2)C1. The number of thioether (sulfide) groups is 2. The van der Waals surface area contributed by atoms with E-state index in [1.165, 1.54) is 54.4 Å². The summed E-state index contributed by atoms with van der Waals surface area (Å²) in [5.74, 6) is 5.16. The molecule has 2 heterocycles. The molecule has 1 N–H and O–H groups in total. The third kappa shape index (κ3) is 5.17. The monoisotopic (exact) mass is 365 g/mol. The Bertz CT molecular complexity index is 476. The van der Waals surface area contributed by atoms with Crippen LogP contribution in [-0.4, -0.2) is 58.8 Å². The Labute approximate surface area is 155 Å². The second-order valence-electron chi connectivity index (χ2n) is 7.37. The second-order valence-corrected chi connectivity index (χ2v) is 9.67. The summed E-state index contributed by atoms with van der Waals surface area (Å²) in [5.41, 5.74) is 1.56. The van der Waals surface area contributed by atoms with Crippen molar-refractivity contribution >= 4 is 23.5 Å². The third-order valence-electron chi connectivity index (χ3n) is 5.55. The van der Waals surface area contributed by atoms with Crippen molar-refractivity contribution in [1.82, 2.24) is 4.90 Å². The Hall–Kier alpha value is -0.160. The molecule has 3 rings (SSSR count). The molecular weight excluding hydrogens is 334 g/mol. The summed E-state index contributed by atoms with van der Waals surface area (Å²) in [7, 11) is 0. The molecule has 1 aromatic rings. The third-order valence-corrected chi connectivity index (χ3v) is 8.04. The van der Waals surface area contributed by atoms with E-state index in [9.17, 15) is 5.11 Å². The number of hydrogen-bond donors (Lipinski definition) is 1. The van der Waals surface area contributed by atoms with Gasteiger partial charge < -0.3 is 5.11 Å². The van der Waals surface area contributed by atoms with Gasteiger partial charge in [0.05, 0.1) is 0 Å². The van der Waals surface area contributed by atoms with Gasteiger partial charge in [-0.05, 0) is 44.2 Å². The summed E-state index contributed by atoms with van der Waals surface area (Å²) in [4.78, 5) is 2.70. The van der Waals surface area contributed by atoms with Gasteiger partial charge in [0, 0.05) is 47.6 Å². The van der Waals surface area contributed by atoms with Gasteiger partial charge in [0.2, 0.25) is 0 Å². The van der Waals surface area contributed by atoms with Crippen LogP contribution in [0, 0.1) is 5.41 Å². The average Bonchev–Trinajstić information content (AvgIpc) is 2.92. The summed E-state index contributed by atoms with van der Waals surface area (Å²) in [6.07, 6.45) is 5.92. The van der Waals surface area contributed by atoms with Crippen LogP contribution >= 0.6 is 23.5 Å². The first-order valence-corrected chi connectivity index (χ1v) is 11.7. The van der Waals surface area contributed by atoms with Gasteiger partial charge in [-0.25, -0.2) is 0 Å². The average molecular weight is 366 g/mol. The fourth-order valence-corrected chi connectivity index (χ4v) is 6.72. The topological polar surface area (TPSA) is 23.5 Å². The van der Waals surface area contributed by atoms with Crippen molar-refractivity contribution in [3.8, 4) is 0 Å². The van der Waals surface area contributed by atoms with Gasteiger partial charge in [-0.3, -0.25) is 4.90 Å².